The van der Waals surface area contributed by atoms with E-state index in [9.17, 15) is 32.1 Å². The van der Waals surface area contributed by atoms with Gasteiger partial charge in [0.25, 0.3) is 57.4 Å². The minimum Gasteiger partial charge on any atom is -0.292 e. The van der Waals surface area contributed by atoms with Gasteiger partial charge in [-0.2, -0.15) is 8.42 Å². The van der Waals surface area contributed by atoms with Crippen molar-refractivity contribution in [3.63, 3.8) is 0 Å². The molecule has 0 bridgehead atoms. The molecule has 0 fully saturated rings. The van der Waals surface area contributed by atoms with E-state index in [0.29, 0.717) is 56.3 Å². The summed E-state index contributed by atoms with van der Waals surface area (Å²) in [5, 5.41) is 6.06. The van der Waals surface area contributed by atoms with E-state index in [0.717, 1.165) is 74.8 Å². The predicted octanol–water partition coefficient (Wildman–Crippen LogP) is 17.8. The van der Waals surface area contributed by atoms with Crippen molar-refractivity contribution < 1.29 is 51.3 Å². The van der Waals surface area contributed by atoms with E-state index in [1.165, 1.54) is 72.8 Å². The smallest absolute Gasteiger partial charge is 0.292 e. The first kappa shape index (κ1) is 64.4. The highest BCUT2D eigenvalue weighted by atomic mass is 32.2. The number of benzene rings is 15. The Kier molecular flexibility index (Phi) is 13.6. The molecule has 0 spiro atoms. The molecule has 0 unspecified atom stereocenters. The van der Waals surface area contributed by atoms with Gasteiger partial charge in [0.2, 0.25) is 0 Å². The van der Waals surface area contributed by atoms with Crippen molar-refractivity contribution in [1.29, 1.82) is 0 Å². The number of fused-ring (bicyclic) bond motifs is 2. The van der Waals surface area contributed by atoms with Crippen molar-refractivity contribution in [3.05, 3.63) is 328 Å². The number of anilines is 4. The van der Waals surface area contributed by atoms with Crippen LogP contribution in [0.25, 0.3) is 122 Å². The zero-order valence-electron chi connectivity index (χ0n) is 58.1. The largest absolute Gasteiger partial charge is 0.295 e. The number of hydrogen-bond donors (Lipinski definition) is 1. The monoisotopic (exact) mass is 1460 g/mol. The number of aryl methyl sites for hydroxylation is 1. The minimum atomic E-state index is -5.08. The Morgan fingerprint density at radius 1 is 0.315 bits per heavy atom. The average Bonchev–Trinajstić information content (AvgIpc) is 1.20. The third-order valence-electron chi connectivity index (χ3n) is 21.9. The number of carbonyl (C=O) groups is 8. The first-order valence-corrected chi connectivity index (χ1v) is 36.9. The predicted molar refractivity (Wildman–Crippen MR) is 426 cm³/mol. The number of imide groups is 4. The lowest BCUT2D eigenvalue weighted by Gasteiger charge is -2.32. The van der Waals surface area contributed by atoms with Gasteiger partial charge in [0.15, 0.2) is 0 Å². The molecule has 15 aromatic carbocycles. The first-order valence-electron chi connectivity index (χ1n) is 35.5. The van der Waals surface area contributed by atoms with Crippen molar-refractivity contribution in [2.24, 2.45) is 0 Å². The summed E-state index contributed by atoms with van der Waals surface area (Å²) in [5.74, 6) is -4.64. The van der Waals surface area contributed by atoms with Gasteiger partial charge in [-0.3, -0.25) is 52.0 Å². The average molecular weight is 1460 g/mol. The number of amides is 8. The maximum absolute atomic E-state index is 15.6. The van der Waals surface area contributed by atoms with Crippen LogP contribution < -0.4 is 19.6 Å². The molecule has 0 saturated heterocycles. The Morgan fingerprint density at radius 2 is 0.685 bits per heavy atom. The summed E-state index contributed by atoms with van der Waals surface area (Å²) in [6.07, 6.45) is 2.96. The maximum atomic E-state index is 15.6. The summed E-state index contributed by atoms with van der Waals surface area (Å²) < 4.78 is 41.5. The van der Waals surface area contributed by atoms with Crippen LogP contribution in [0.3, 0.4) is 0 Å². The van der Waals surface area contributed by atoms with Crippen LogP contribution in [-0.4, -0.2) is 79.3 Å². The third kappa shape index (κ3) is 9.32. The summed E-state index contributed by atoms with van der Waals surface area (Å²) >= 11 is 0. The number of imidazole rings is 2. The van der Waals surface area contributed by atoms with Crippen LogP contribution in [-0.2, 0) is 10.1 Å². The summed E-state index contributed by atoms with van der Waals surface area (Å²) in [7, 11) is -5.08. The molecule has 111 heavy (non-hydrogen) atoms. The second-order valence-electron chi connectivity index (χ2n) is 27.9. The normalized spacial score (nSPS) is 14.3. The molecule has 17 aromatic rings. The first-order chi connectivity index (χ1) is 53.9. The van der Waals surface area contributed by atoms with Crippen LogP contribution in [0.15, 0.2) is 272 Å². The van der Waals surface area contributed by atoms with E-state index in [4.69, 9.17) is 9.97 Å². The lowest BCUT2D eigenvalue weighted by atomic mass is 9.85. The molecule has 0 saturated carbocycles. The fourth-order valence-corrected chi connectivity index (χ4v) is 17.6. The maximum Gasteiger partial charge on any atom is 0.295 e. The molecule has 0 atom stereocenters. The Bertz CT molecular complexity index is 7120. The van der Waals surface area contributed by atoms with E-state index in [1.54, 1.807) is 43.3 Å². The van der Waals surface area contributed by atoms with Crippen LogP contribution in [0.2, 0.25) is 0 Å². The Balaban J connectivity index is 0.580. The van der Waals surface area contributed by atoms with Gasteiger partial charge in [0.05, 0.1) is 56.2 Å². The Hall–Kier alpha value is -15.0. The fourth-order valence-electron chi connectivity index (χ4n) is 16.9. The zero-order chi connectivity index (χ0) is 75.3. The number of carbonyl (C=O) groups excluding carboxylic acids is 8. The molecular formula is C91H50N8O11S. The van der Waals surface area contributed by atoms with E-state index in [1.807, 2.05) is 173 Å². The Morgan fingerprint density at radius 3 is 1.14 bits per heavy atom. The topological polar surface area (TPSA) is 240 Å². The molecule has 4 aliphatic rings. The van der Waals surface area contributed by atoms with Crippen LogP contribution in [0.1, 0.15) is 99.6 Å². The molecule has 1 N–H and O–H groups in total. The summed E-state index contributed by atoms with van der Waals surface area (Å²) in [6, 6.07) is 78.1. The third-order valence-corrected chi connectivity index (χ3v) is 22.8. The van der Waals surface area contributed by atoms with Crippen LogP contribution in [0.5, 0.6) is 0 Å². The molecule has 20 heteroatoms. The van der Waals surface area contributed by atoms with Gasteiger partial charge in [0, 0.05) is 82.6 Å². The minimum absolute atomic E-state index is 0.0255. The number of hydrogen-bond acceptors (Lipinski definition) is 12. The van der Waals surface area contributed by atoms with Crippen molar-refractivity contribution in [1.82, 2.24) is 19.1 Å². The zero-order valence-corrected chi connectivity index (χ0v) is 58.9. The summed E-state index contributed by atoms with van der Waals surface area (Å²) in [6.45, 7) is 1.71. The highest BCUT2D eigenvalue weighted by Gasteiger charge is 2.44. The lowest BCUT2D eigenvalue weighted by Crippen LogP contribution is -2.43. The van der Waals surface area contributed by atoms with Crippen LogP contribution >= 0.6 is 0 Å². The SMILES string of the molecule is Cc1cc(N2C(=O)c3ccc4c5c(ccc(c35)C2=O)C(=O)N(c2cc(-n3c(-c5ccccc5)nc5ccccc53)cc(-n3c(-c5ccccc5)nc5ccccc53)c2)C4=O)ccc1/C=C/c1ccc(N2C(=O)c3ccc4c5c(ccc(c35)C2=O)C(=O)N(c2ccc3ccc5cccc6ccc2c3c56)C4=O)cc1S(=O)(=O)O. The fraction of sp³-hybridized carbons (Fsp3) is 0.0110. The van der Waals surface area contributed by atoms with Gasteiger partial charge in [-0.25, -0.2) is 29.6 Å². The van der Waals surface area contributed by atoms with Gasteiger partial charge in [-0.1, -0.05) is 158 Å². The van der Waals surface area contributed by atoms with Gasteiger partial charge in [0.1, 0.15) is 16.5 Å². The molecule has 21 rings (SSSR count). The van der Waals surface area contributed by atoms with Gasteiger partial charge in [-0.05, 0) is 172 Å². The van der Waals surface area contributed by atoms with Gasteiger partial charge >= 0.3 is 0 Å². The van der Waals surface area contributed by atoms with Crippen molar-refractivity contribution in [2.75, 3.05) is 19.6 Å². The van der Waals surface area contributed by atoms with E-state index in [-0.39, 0.29) is 88.7 Å². The number of rotatable bonds is 11. The lowest BCUT2D eigenvalue weighted by molar-refractivity contribution is 0.0873. The molecule has 6 heterocycles. The highest BCUT2D eigenvalue weighted by molar-refractivity contribution is 7.86. The van der Waals surface area contributed by atoms with E-state index < -0.39 is 62.3 Å². The second-order valence-corrected chi connectivity index (χ2v) is 29.3. The summed E-state index contributed by atoms with van der Waals surface area (Å²) in [5.41, 5.74) is 7.76. The van der Waals surface area contributed by atoms with E-state index in [2.05, 4.69) is 0 Å². The number of nitrogens with zero attached hydrogens (tertiary/aromatic N) is 8. The molecule has 0 aliphatic carbocycles. The van der Waals surface area contributed by atoms with Crippen molar-refractivity contribution >= 4 is 168 Å². The highest BCUT2D eigenvalue weighted by Crippen LogP contribution is 2.47. The molecule has 8 amide bonds. The van der Waals surface area contributed by atoms with Crippen molar-refractivity contribution in [2.45, 2.75) is 11.8 Å². The van der Waals surface area contributed by atoms with Gasteiger partial charge < -0.3 is 0 Å². The number of aromatic nitrogens is 4. The van der Waals surface area contributed by atoms with Crippen LogP contribution in [0.4, 0.5) is 22.7 Å². The van der Waals surface area contributed by atoms with Gasteiger partial charge in [-0.15, -0.1) is 0 Å². The summed E-state index contributed by atoms with van der Waals surface area (Å²) in [4.78, 5) is 134. The second kappa shape index (κ2) is 23.5. The molecule has 2 aromatic heterocycles. The number of para-hydroxylation sites is 4. The van der Waals surface area contributed by atoms with Crippen LogP contribution in [0, 0.1) is 6.92 Å². The molecular weight excluding hydrogens is 1410 g/mol. The molecule has 19 nitrogen and oxygen atoms in total. The standard InChI is InChI=1S/C91H50N8O11S/c1-48-43-56(31-27-49(48)23-24-50-28-32-57(47-75(50)111(108,109)110)97-86(102)64-38-40-68-81-69(41-39-65(79(64)81)87(97)103)91(107)99(90(68)106)72-42-30-53-26-25-51-17-12-18-52-29-33-61(72)77(53)76(51)52)96-84(100)62-34-36-66-80-67(37-35-63(78(62)80)85(96)101)89(105)98(88(66)104)60-45-58(94-73-21-10-8-19-70(73)92-82(94)54-13-4-2-5-14-54)44-59(46-60)95-74-22-11-9-20-71(74)93-83(95)55-15-6-3-7-16-55/h2-47H,1H3,(H,108,109,110)/b24-23+. The van der Waals surface area contributed by atoms with Crippen molar-refractivity contribution in [3.8, 4) is 34.2 Å². The Labute approximate surface area is 628 Å². The molecule has 526 valence electrons. The quantitative estimate of drug-likeness (QED) is 0.0549. The van der Waals surface area contributed by atoms with E-state index >= 15 is 19.2 Å². The molecule has 0 radical (unpaired) electrons. The molecule has 4 aliphatic heterocycles.